The number of benzene rings is 1. The zero-order valence-corrected chi connectivity index (χ0v) is 15.0. The highest BCUT2D eigenvalue weighted by atomic mass is 35.7. The summed E-state index contributed by atoms with van der Waals surface area (Å²) >= 11 is 6.98. The highest BCUT2D eigenvalue weighted by Gasteiger charge is 2.36. The van der Waals surface area contributed by atoms with Crippen LogP contribution in [0.5, 0.6) is 0 Å². The molecule has 0 bridgehead atoms. The number of halogens is 2. The van der Waals surface area contributed by atoms with E-state index >= 15 is 0 Å². The molecular weight excluding hydrogens is 371 g/mol. The second-order valence-electron chi connectivity index (χ2n) is 4.14. The lowest BCUT2D eigenvalue weighted by Crippen LogP contribution is -2.60. The van der Waals surface area contributed by atoms with E-state index in [1.165, 1.54) is 0 Å². The molecule has 10 heteroatoms. The highest BCUT2D eigenvalue weighted by molar-refractivity contribution is 8.41. The Morgan fingerprint density at radius 2 is 1.82 bits per heavy atom. The average molecular weight is 385 g/mol. The van der Waals surface area contributed by atoms with Crippen molar-refractivity contribution in [2.45, 2.75) is 13.8 Å². The maximum absolute atomic E-state index is 11.0. The Kier molecular flexibility index (Phi) is 6.29. The first-order valence-corrected chi connectivity index (χ1v) is 9.87. The molecule has 6 nitrogen and oxygen atoms in total. The van der Waals surface area contributed by atoms with Gasteiger partial charge in [-0.05, 0) is 12.1 Å². The fourth-order valence-corrected chi connectivity index (χ4v) is 5.85. The van der Waals surface area contributed by atoms with Crippen molar-refractivity contribution in [1.29, 1.82) is 0 Å². The van der Waals surface area contributed by atoms with E-state index in [9.17, 15) is 14.0 Å². The molecule has 0 spiro atoms. The summed E-state index contributed by atoms with van der Waals surface area (Å²) in [6, 6.07) is 6.77. The Morgan fingerprint density at radius 3 is 2.32 bits per heavy atom. The predicted octanol–water partition coefficient (Wildman–Crippen LogP) is 0.275. The summed E-state index contributed by atoms with van der Waals surface area (Å²) in [5.74, 6) is 0. The van der Waals surface area contributed by atoms with Gasteiger partial charge >= 0.3 is 0 Å². The van der Waals surface area contributed by atoms with E-state index < -0.39 is 21.0 Å². The van der Waals surface area contributed by atoms with E-state index in [4.69, 9.17) is 15.3 Å². The third-order valence-corrected chi connectivity index (χ3v) is 6.90. The van der Waals surface area contributed by atoms with Crippen LogP contribution in [0.15, 0.2) is 28.7 Å². The second-order valence-corrected chi connectivity index (χ2v) is 8.16. The van der Waals surface area contributed by atoms with Gasteiger partial charge in [-0.25, -0.2) is 0 Å². The zero-order valence-electron chi connectivity index (χ0n) is 11.8. The highest BCUT2D eigenvalue weighted by Crippen LogP contribution is 2.39. The summed E-state index contributed by atoms with van der Waals surface area (Å²) in [4.78, 5) is 1.92. The van der Waals surface area contributed by atoms with Gasteiger partial charge in [-0.2, -0.15) is 18.4 Å². The third-order valence-electron chi connectivity index (χ3n) is 2.79. The number of hydrogen-bond donors (Lipinski definition) is 0. The molecule has 1 aliphatic rings. The summed E-state index contributed by atoms with van der Waals surface area (Å²) < 4.78 is 42.8. The quantitative estimate of drug-likeness (QED) is 0.534. The predicted molar refractivity (Wildman–Crippen MR) is 82.2 cm³/mol. The van der Waals surface area contributed by atoms with Crippen molar-refractivity contribution >= 4 is 43.7 Å². The molecule has 0 saturated carbocycles. The van der Waals surface area contributed by atoms with Gasteiger partial charge in [0.25, 0.3) is 0 Å². The summed E-state index contributed by atoms with van der Waals surface area (Å²) in [5, 5.41) is 0.966. The minimum Gasteiger partial charge on any atom is -0.261 e. The van der Waals surface area contributed by atoms with Crippen molar-refractivity contribution in [2.24, 2.45) is 4.40 Å². The van der Waals surface area contributed by atoms with Crippen LogP contribution in [0, 0.1) is 10.2 Å². The largest absolute Gasteiger partial charge is 0.261 e. The molecule has 0 saturated heterocycles. The van der Waals surface area contributed by atoms with Crippen molar-refractivity contribution in [3.8, 4) is 0 Å². The van der Waals surface area contributed by atoms with Crippen molar-refractivity contribution < 1.29 is 28.0 Å². The standard InChI is InChI=1S/C12H14Cl2N2O4S2/c1-3-16(4-2)12-21-15-11(22(12)20-14(17,18)19)9-5-7-10(13)8-6-9/h5-8H,3-4H2,1-2H3. The summed E-state index contributed by atoms with van der Waals surface area (Å²) in [6.07, 6.45) is 0. The van der Waals surface area contributed by atoms with Gasteiger partial charge in [0, 0.05) is 35.6 Å². The van der Waals surface area contributed by atoms with E-state index in [-0.39, 0.29) is 0 Å². The number of nitrogens with zero attached hydrogens (tertiary/aromatic N) is 2. The van der Waals surface area contributed by atoms with Crippen molar-refractivity contribution in [3.63, 3.8) is 0 Å². The molecule has 1 aromatic rings. The topological polar surface area (TPSA) is 94.0 Å². The molecule has 1 heterocycles. The average Bonchev–Trinajstić information content (AvgIpc) is 2.83. The fourth-order valence-electron chi connectivity index (χ4n) is 1.77. The first kappa shape index (κ1) is 18.2. The number of rotatable bonds is 5. The van der Waals surface area contributed by atoms with Gasteiger partial charge in [0.05, 0.1) is 10.2 Å². The van der Waals surface area contributed by atoms with Gasteiger partial charge in [-0.3, -0.25) is 4.90 Å². The van der Waals surface area contributed by atoms with Crippen LogP contribution in [0.3, 0.4) is 0 Å². The van der Waals surface area contributed by atoms with E-state index in [1.54, 1.807) is 24.3 Å². The minimum atomic E-state index is -4.55. The van der Waals surface area contributed by atoms with Crippen molar-refractivity contribution in [3.05, 3.63) is 34.9 Å². The Hall–Kier alpha value is -0.160. The van der Waals surface area contributed by atoms with Gasteiger partial charge in [0.15, 0.2) is 10.8 Å². The van der Waals surface area contributed by atoms with E-state index in [0.717, 1.165) is 11.9 Å². The van der Waals surface area contributed by atoms with Gasteiger partial charge in [0.2, 0.25) is 0 Å². The van der Waals surface area contributed by atoms with Gasteiger partial charge in [-0.15, -0.1) is 0 Å². The SMILES string of the molecule is CCN(CC)C1=S(O[Cl+3]([O-])([O-])[O-])C(c2ccc(Cl)cc2)=NS1. The third kappa shape index (κ3) is 4.44. The normalized spacial score (nSPS) is 19.0. The molecular formula is C12H14Cl2N2O4S2. The van der Waals surface area contributed by atoms with Gasteiger partial charge < -0.3 is 0 Å². The van der Waals surface area contributed by atoms with E-state index in [1.807, 2.05) is 18.7 Å². The lowest BCUT2D eigenvalue weighted by Gasteiger charge is -2.19. The summed E-state index contributed by atoms with van der Waals surface area (Å²) in [6.45, 7) is 5.18. The first-order valence-electron chi connectivity index (χ1n) is 6.33. The lowest BCUT2D eigenvalue weighted by atomic mass is 10.2. The second kappa shape index (κ2) is 7.61. The summed E-state index contributed by atoms with van der Waals surface area (Å²) in [5.41, 5.74) is 0.668. The molecule has 0 aromatic heterocycles. The molecule has 0 fully saturated rings. The molecule has 0 N–H and O–H groups in total. The van der Waals surface area contributed by atoms with Crippen molar-refractivity contribution in [2.75, 3.05) is 13.1 Å². The maximum atomic E-state index is 11.0. The van der Waals surface area contributed by atoms with Crippen LogP contribution in [0.25, 0.3) is 0 Å². The van der Waals surface area contributed by atoms with Crippen LogP contribution in [0.1, 0.15) is 19.4 Å². The van der Waals surface area contributed by atoms with Gasteiger partial charge in [-0.1, -0.05) is 37.6 Å². The van der Waals surface area contributed by atoms with Crippen LogP contribution in [-0.2, 0) is 3.74 Å². The fraction of sp³-hybridized carbons (Fsp3) is 0.333. The van der Waals surface area contributed by atoms with Crippen LogP contribution < -0.4 is 14.0 Å². The Labute approximate surface area is 142 Å². The zero-order chi connectivity index (χ0) is 16.3. The Balaban J connectivity index is 2.42. The van der Waals surface area contributed by atoms with Crippen LogP contribution in [0.2, 0.25) is 5.02 Å². The lowest BCUT2D eigenvalue weighted by molar-refractivity contribution is -1.91. The van der Waals surface area contributed by atoms with E-state index in [2.05, 4.69) is 4.40 Å². The maximum Gasteiger partial charge on any atom is 0.186 e. The molecule has 1 unspecified atom stereocenters. The molecule has 22 heavy (non-hydrogen) atoms. The van der Waals surface area contributed by atoms with E-state index in [0.29, 0.717) is 33.0 Å². The minimum absolute atomic E-state index is 0.412. The van der Waals surface area contributed by atoms with Crippen molar-refractivity contribution in [1.82, 2.24) is 4.90 Å². The number of hydrogen-bond acceptors (Lipinski definition) is 7. The summed E-state index contributed by atoms with van der Waals surface area (Å²) in [7, 11) is -5.91. The molecule has 1 aromatic carbocycles. The molecule has 0 aliphatic carbocycles. The molecule has 2 rings (SSSR count). The molecule has 1 aliphatic heterocycles. The smallest absolute Gasteiger partial charge is 0.186 e. The Morgan fingerprint density at radius 1 is 1.23 bits per heavy atom. The molecule has 1 atom stereocenters. The molecule has 122 valence electrons. The van der Waals surface area contributed by atoms with Crippen LogP contribution in [0.4, 0.5) is 0 Å². The first-order chi connectivity index (χ1) is 10.4. The molecule has 0 amide bonds. The molecule has 0 radical (unpaired) electrons. The Bertz CT molecular complexity index is 598. The monoisotopic (exact) mass is 384 g/mol. The van der Waals surface area contributed by atoms with Crippen LogP contribution >= 0.6 is 34.3 Å². The van der Waals surface area contributed by atoms with Crippen LogP contribution in [-0.4, -0.2) is 27.4 Å². The van der Waals surface area contributed by atoms with Gasteiger partial charge in [0.1, 0.15) is 13.1 Å².